The summed E-state index contributed by atoms with van der Waals surface area (Å²) in [7, 11) is 0. The first-order valence-electron chi connectivity index (χ1n) is 3.66. The van der Waals surface area contributed by atoms with Gasteiger partial charge in [0.2, 0.25) is 0 Å². The van der Waals surface area contributed by atoms with E-state index in [9.17, 15) is 8.78 Å². The maximum Gasteiger partial charge on any atom is 0.280 e. The van der Waals surface area contributed by atoms with Crippen molar-refractivity contribution in [2.75, 3.05) is 5.73 Å². The zero-order chi connectivity index (χ0) is 10.7. The van der Waals surface area contributed by atoms with Crippen LogP contribution >= 0.6 is 22.6 Å². The van der Waals surface area contributed by atoms with Crippen molar-refractivity contribution in [2.45, 2.75) is 12.8 Å². The molecule has 0 amide bonds. The second kappa shape index (κ2) is 4.50. The number of anilines is 1. The number of rotatable bonds is 2. The molecule has 0 radical (unpaired) electrons. The highest BCUT2D eigenvalue weighted by Crippen LogP contribution is 2.24. The normalized spacial score (nSPS) is 10.2. The summed E-state index contributed by atoms with van der Waals surface area (Å²) < 4.78 is 24.9. The van der Waals surface area contributed by atoms with Crippen molar-refractivity contribution in [3.05, 3.63) is 21.0 Å². The average molecular weight is 309 g/mol. The Labute approximate surface area is 93.1 Å². The van der Waals surface area contributed by atoms with Gasteiger partial charge in [-0.2, -0.15) is 5.26 Å². The molecule has 0 spiro atoms. The first kappa shape index (κ1) is 11.1. The van der Waals surface area contributed by atoms with Crippen molar-refractivity contribution in [2.24, 2.45) is 0 Å². The van der Waals surface area contributed by atoms with Crippen molar-refractivity contribution in [3.8, 4) is 6.07 Å². The number of aromatic nitrogens is 1. The molecule has 0 fully saturated rings. The van der Waals surface area contributed by atoms with Gasteiger partial charge in [-0.1, -0.05) is 0 Å². The van der Waals surface area contributed by atoms with Gasteiger partial charge in [0.1, 0.15) is 9.39 Å². The largest absolute Gasteiger partial charge is 0.398 e. The lowest BCUT2D eigenvalue weighted by Crippen LogP contribution is -2.03. The highest BCUT2D eigenvalue weighted by molar-refractivity contribution is 14.1. The number of nitrogens with zero attached hydrogens (tertiary/aromatic N) is 2. The maximum absolute atomic E-state index is 12.3. The Bertz CT molecular complexity index is 364. The molecule has 1 rings (SSSR count). The van der Waals surface area contributed by atoms with Gasteiger partial charge in [-0.15, -0.1) is 0 Å². The lowest BCUT2D eigenvalue weighted by Gasteiger charge is -2.06. The Balaban J connectivity index is 3.19. The number of pyridine rings is 1. The van der Waals surface area contributed by atoms with Gasteiger partial charge in [0.05, 0.1) is 12.5 Å². The van der Waals surface area contributed by atoms with Gasteiger partial charge in [-0.25, -0.2) is 13.8 Å². The predicted octanol–water partition coefficient (Wildman–Crippen LogP) is 2.27. The minimum Gasteiger partial charge on any atom is -0.398 e. The van der Waals surface area contributed by atoms with Crippen LogP contribution in [0.1, 0.15) is 17.7 Å². The first-order valence-corrected chi connectivity index (χ1v) is 4.74. The van der Waals surface area contributed by atoms with E-state index in [0.717, 1.165) is 6.07 Å². The summed E-state index contributed by atoms with van der Waals surface area (Å²) in [6.45, 7) is 0. The van der Waals surface area contributed by atoms with Gasteiger partial charge in [0, 0.05) is 11.3 Å². The van der Waals surface area contributed by atoms with Crippen LogP contribution in [0.5, 0.6) is 0 Å². The number of nitrogen functional groups attached to an aromatic ring is 1. The summed E-state index contributed by atoms with van der Waals surface area (Å²) in [5, 5.41) is 8.46. The molecule has 0 aliphatic carbocycles. The lowest BCUT2D eigenvalue weighted by molar-refractivity contribution is 0.146. The number of nitriles is 1. The van der Waals surface area contributed by atoms with Gasteiger partial charge in [-0.3, -0.25) is 0 Å². The third-order valence-electron chi connectivity index (χ3n) is 1.61. The molecule has 0 atom stereocenters. The first-order chi connectivity index (χ1) is 6.56. The molecule has 6 heteroatoms. The van der Waals surface area contributed by atoms with Crippen LogP contribution in [0.3, 0.4) is 0 Å². The van der Waals surface area contributed by atoms with E-state index in [-0.39, 0.29) is 17.8 Å². The molecule has 0 bridgehead atoms. The van der Waals surface area contributed by atoms with Crippen LogP contribution in [0, 0.1) is 15.0 Å². The monoisotopic (exact) mass is 309 g/mol. The van der Waals surface area contributed by atoms with E-state index in [0.29, 0.717) is 9.26 Å². The predicted molar refractivity (Wildman–Crippen MR) is 55.6 cm³/mol. The molecule has 1 aromatic rings. The SMILES string of the molecule is N#CCc1c(N)cc(C(F)F)nc1I. The molecular formula is C8H6F2IN3. The second-order valence-corrected chi connectivity index (χ2v) is 3.56. The van der Waals surface area contributed by atoms with Crippen LogP contribution in [0.4, 0.5) is 14.5 Å². The number of nitrogens with two attached hydrogens (primary N) is 1. The summed E-state index contributed by atoms with van der Waals surface area (Å²) >= 11 is 1.79. The van der Waals surface area contributed by atoms with Gasteiger partial charge < -0.3 is 5.73 Å². The van der Waals surface area contributed by atoms with Crippen molar-refractivity contribution >= 4 is 28.3 Å². The quantitative estimate of drug-likeness (QED) is 0.673. The number of hydrogen-bond acceptors (Lipinski definition) is 3. The summed E-state index contributed by atoms with van der Waals surface area (Å²) in [5.41, 5.74) is 5.87. The van der Waals surface area contributed by atoms with Gasteiger partial charge in [0.25, 0.3) is 6.43 Å². The number of hydrogen-bond donors (Lipinski definition) is 1. The molecule has 3 nitrogen and oxygen atoms in total. The Hall–Kier alpha value is -0.970. The van der Waals surface area contributed by atoms with Crippen LogP contribution in [0.15, 0.2) is 6.07 Å². The molecule has 0 aliphatic rings. The summed E-state index contributed by atoms with van der Waals surface area (Å²) in [6.07, 6.45) is -2.55. The molecule has 0 aliphatic heterocycles. The van der Waals surface area contributed by atoms with Crippen molar-refractivity contribution in [3.63, 3.8) is 0 Å². The summed E-state index contributed by atoms with van der Waals surface area (Å²) in [5.74, 6) is 0. The maximum atomic E-state index is 12.3. The molecule has 2 N–H and O–H groups in total. The van der Waals surface area contributed by atoms with E-state index >= 15 is 0 Å². The molecule has 0 saturated carbocycles. The fourth-order valence-corrected chi connectivity index (χ4v) is 1.73. The topological polar surface area (TPSA) is 62.7 Å². The van der Waals surface area contributed by atoms with Crippen LogP contribution < -0.4 is 5.73 Å². The average Bonchev–Trinajstić information content (AvgIpc) is 2.10. The lowest BCUT2D eigenvalue weighted by atomic mass is 10.1. The molecule has 0 unspecified atom stereocenters. The smallest absolute Gasteiger partial charge is 0.280 e. The molecule has 74 valence electrons. The molecular weight excluding hydrogens is 303 g/mol. The number of halogens is 3. The van der Waals surface area contributed by atoms with E-state index in [1.807, 2.05) is 6.07 Å². The highest BCUT2D eigenvalue weighted by Gasteiger charge is 2.14. The molecule has 1 aromatic heterocycles. The Kier molecular flexibility index (Phi) is 3.57. The third kappa shape index (κ3) is 2.29. The van der Waals surface area contributed by atoms with Gasteiger partial charge in [-0.05, 0) is 28.7 Å². The summed E-state index contributed by atoms with van der Waals surface area (Å²) in [4.78, 5) is 3.66. The minimum absolute atomic E-state index is 0.0840. The molecule has 0 aromatic carbocycles. The van der Waals surface area contributed by atoms with Gasteiger partial charge in [0.15, 0.2) is 0 Å². The zero-order valence-corrected chi connectivity index (χ0v) is 9.12. The van der Waals surface area contributed by atoms with E-state index in [1.165, 1.54) is 0 Å². The van der Waals surface area contributed by atoms with Crippen LogP contribution in [0.25, 0.3) is 0 Å². The highest BCUT2D eigenvalue weighted by atomic mass is 127. The van der Waals surface area contributed by atoms with E-state index < -0.39 is 6.43 Å². The Morgan fingerprint density at radius 1 is 1.64 bits per heavy atom. The fraction of sp³-hybridized carbons (Fsp3) is 0.250. The van der Waals surface area contributed by atoms with Crippen molar-refractivity contribution < 1.29 is 8.78 Å². The standard InChI is InChI=1S/C8H6F2IN3/c9-7(10)6-3-5(13)4(1-2-12)8(11)14-6/h3,7H,1H2,(H2,13,14). The Morgan fingerprint density at radius 3 is 2.71 bits per heavy atom. The minimum atomic E-state index is -2.64. The summed E-state index contributed by atoms with van der Waals surface area (Å²) in [6, 6.07) is 3.01. The van der Waals surface area contributed by atoms with E-state index in [4.69, 9.17) is 11.0 Å². The Morgan fingerprint density at radius 2 is 2.29 bits per heavy atom. The zero-order valence-electron chi connectivity index (χ0n) is 6.97. The number of alkyl halides is 2. The van der Waals surface area contributed by atoms with Gasteiger partial charge >= 0.3 is 0 Å². The third-order valence-corrected chi connectivity index (χ3v) is 2.50. The van der Waals surface area contributed by atoms with Crippen molar-refractivity contribution in [1.82, 2.24) is 4.98 Å². The molecule has 14 heavy (non-hydrogen) atoms. The van der Waals surface area contributed by atoms with Crippen LogP contribution in [-0.2, 0) is 6.42 Å². The van der Waals surface area contributed by atoms with Crippen LogP contribution in [0.2, 0.25) is 0 Å². The van der Waals surface area contributed by atoms with E-state index in [1.54, 1.807) is 22.6 Å². The van der Waals surface area contributed by atoms with Crippen LogP contribution in [-0.4, -0.2) is 4.98 Å². The second-order valence-electron chi connectivity index (χ2n) is 2.54. The van der Waals surface area contributed by atoms with E-state index in [2.05, 4.69) is 4.98 Å². The fourth-order valence-electron chi connectivity index (χ4n) is 0.944. The van der Waals surface area contributed by atoms with Crippen molar-refractivity contribution in [1.29, 1.82) is 5.26 Å². The molecule has 1 heterocycles. The molecule has 0 saturated heterocycles.